The molecular formula is C17H21F3N6OS. The molecule has 11 heteroatoms. The Morgan fingerprint density at radius 1 is 1.14 bits per heavy atom. The number of aromatic nitrogens is 4. The van der Waals surface area contributed by atoms with Gasteiger partial charge in [-0.05, 0) is 25.7 Å². The molecule has 2 aromatic rings. The van der Waals surface area contributed by atoms with Gasteiger partial charge in [-0.3, -0.25) is 0 Å². The number of anilines is 2. The second kappa shape index (κ2) is 7.78. The highest BCUT2D eigenvalue weighted by Gasteiger charge is 2.39. The maximum atomic E-state index is 13.0. The van der Waals surface area contributed by atoms with Gasteiger partial charge >= 0.3 is 6.18 Å². The van der Waals surface area contributed by atoms with Crippen molar-refractivity contribution in [3.63, 3.8) is 0 Å². The van der Waals surface area contributed by atoms with E-state index in [0.717, 1.165) is 61.3 Å². The fourth-order valence-corrected chi connectivity index (χ4v) is 4.42. The van der Waals surface area contributed by atoms with Crippen LogP contribution in [-0.2, 0) is 17.5 Å². The third kappa shape index (κ3) is 4.19. The van der Waals surface area contributed by atoms with Crippen molar-refractivity contribution in [2.75, 3.05) is 30.0 Å². The maximum Gasteiger partial charge on any atom is 0.433 e. The Morgan fingerprint density at radius 3 is 2.50 bits per heavy atom. The number of hydrogen-bond donors (Lipinski definition) is 0. The first-order valence-corrected chi connectivity index (χ1v) is 10.0. The zero-order valence-corrected chi connectivity index (χ0v) is 16.2. The van der Waals surface area contributed by atoms with Crippen LogP contribution in [0.4, 0.5) is 24.1 Å². The van der Waals surface area contributed by atoms with Crippen molar-refractivity contribution >= 4 is 22.3 Å². The van der Waals surface area contributed by atoms with Crippen molar-refractivity contribution in [3.05, 3.63) is 23.1 Å². The van der Waals surface area contributed by atoms with E-state index in [4.69, 9.17) is 4.74 Å². The number of piperidine rings is 1. The number of methoxy groups -OCH3 is 1. The van der Waals surface area contributed by atoms with Crippen LogP contribution in [0, 0.1) is 0 Å². The van der Waals surface area contributed by atoms with Gasteiger partial charge < -0.3 is 14.5 Å². The zero-order valence-electron chi connectivity index (χ0n) is 15.4. The van der Waals surface area contributed by atoms with E-state index in [9.17, 15) is 13.2 Å². The Labute approximate surface area is 164 Å². The highest BCUT2D eigenvalue weighted by molar-refractivity contribution is 7.15. The van der Waals surface area contributed by atoms with E-state index in [1.807, 2.05) is 0 Å². The smallest absolute Gasteiger partial charge is 0.377 e. The lowest BCUT2D eigenvalue weighted by Crippen LogP contribution is -2.46. The van der Waals surface area contributed by atoms with Gasteiger partial charge in [0, 0.05) is 38.3 Å². The van der Waals surface area contributed by atoms with Crippen LogP contribution < -0.4 is 9.80 Å². The van der Waals surface area contributed by atoms with Crippen molar-refractivity contribution in [1.29, 1.82) is 0 Å². The number of alkyl halides is 3. The zero-order chi connectivity index (χ0) is 19.7. The van der Waals surface area contributed by atoms with Crippen molar-refractivity contribution in [2.45, 2.75) is 50.6 Å². The number of rotatable bonds is 6. The minimum atomic E-state index is -4.46. The number of halogens is 3. The SMILES string of the molecule is COCc1nnc(N2CCC(N(c3cc(C(F)(F)F)ncn3)C3CC3)CC2)s1. The van der Waals surface area contributed by atoms with Crippen LogP contribution in [0.1, 0.15) is 36.4 Å². The first-order chi connectivity index (χ1) is 13.5. The lowest BCUT2D eigenvalue weighted by molar-refractivity contribution is -0.141. The summed E-state index contributed by atoms with van der Waals surface area (Å²) in [7, 11) is 1.62. The van der Waals surface area contributed by atoms with Gasteiger partial charge in [0.05, 0.1) is 0 Å². The molecule has 1 aliphatic heterocycles. The summed E-state index contributed by atoms with van der Waals surface area (Å²) in [6.07, 6.45) is 0.196. The molecule has 1 saturated carbocycles. The third-order valence-electron chi connectivity index (χ3n) is 5.00. The average molecular weight is 414 g/mol. The number of ether oxygens (including phenoxy) is 1. The van der Waals surface area contributed by atoms with Crippen molar-refractivity contribution in [3.8, 4) is 0 Å². The Balaban J connectivity index is 1.46. The van der Waals surface area contributed by atoms with Crippen molar-refractivity contribution < 1.29 is 17.9 Å². The summed E-state index contributed by atoms with van der Waals surface area (Å²) in [5, 5.41) is 10.0. The van der Waals surface area contributed by atoms with Crippen LogP contribution >= 0.6 is 11.3 Å². The van der Waals surface area contributed by atoms with Gasteiger partial charge in [-0.2, -0.15) is 13.2 Å². The predicted molar refractivity (Wildman–Crippen MR) is 98.4 cm³/mol. The first-order valence-electron chi connectivity index (χ1n) is 9.19. The molecule has 0 N–H and O–H groups in total. The molecule has 1 saturated heterocycles. The third-order valence-corrected chi connectivity index (χ3v) is 5.96. The summed E-state index contributed by atoms with van der Waals surface area (Å²) >= 11 is 1.51. The lowest BCUT2D eigenvalue weighted by atomic mass is 10.0. The van der Waals surface area contributed by atoms with E-state index in [1.54, 1.807) is 7.11 Å². The summed E-state index contributed by atoms with van der Waals surface area (Å²) in [5.74, 6) is 0.376. The molecule has 0 radical (unpaired) electrons. The van der Waals surface area contributed by atoms with Crippen molar-refractivity contribution in [1.82, 2.24) is 20.2 Å². The van der Waals surface area contributed by atoms with Gasteiger partial charge in [0.1, 0.15) is 29.5 Å². The Bertz CT molecular complexity index is 804. The van der Waals surface area contributed by atoms with E-state index in [0.29, 0.717) is 12.4 Å². The van der Waals surface area contributed by atoms with Crippen LogP contribution in [0.2, 0.25) is 0 Å². The Kier molecular flexibility index (Phi) is 5.37. The standard InChI is InChI=1S/C17H21F3N6OS/c1-27-9-15-23-24-16(28-15)25-6-4-12(5-7-25)26(11-2-3-11)14-8-13(17(18,19)20)21-10-22-14/h8,10-12H,2-7,9H2,1H3. The van der Waals surface area contributed by atoms with E-state index < -0.39 is 11.9 Å². The normalized spacial score (nSPS) is 18.5. The molecule has 152 valence electrons. The van der Waals surface area contributed by atoms with Gasteiger partial charge in [-0.25, -0.2) is 9.97 Å². The highest BCUT2D eigenvalue weighted by atomic mass is 32.1. The molecule has 2 aliphatic rings. The topological polar surface area (TPSA) is 67.3 Å². The molecule has 0 aromatic carbocycles. The van der Waals surface area contributed by atoms with Gasteiger partial charge in [0.25, 0.3) is 0 Å². The highest BCUT2D eigenvalue weighted by Crippen LogP contribution is 2.37. The molecule has 0 bridgehead atoms. The second-order valence-corrected chi connectivity index (χ2v) is 8.07. The second-order valence-electron chi connectivity index (χ2n) is 7.03. The largest absolute Gasteiger partial charge is 0.433 e. The molecular weight excluding hydrogens is 393 g/mol. The molecule has 1 aliphatic carbocycles. The minimum Gasteiger partial charge on any atom is -0.377 e. The molecule has 4 rings (SSSR count). The summed E-state index contributed by atoms with van der Waals surface area (Å²) in [6.45, 7) is 2.01. The van der Waals surface area contributed by atoms with Gasteiger partial charge in [0.2, 0.25) is 5.13 Å². The van der Waals surface area contributed by atoms with Gasteiger partial charge in [0.15, 0.2) is 0 Å². The molecule has 28 heavy (non-hydrogen) atoms. The minimum absolute atomic E-state index is 0.158. The van der Waals surface area contributed by atoms with Crippen LogP contribution in [-0.4, -0.2) is 52.4 Å². The summed E-state index contributed by atoms with van der Waals surface area (Å²) in [5.41, 5.74) is -0.889. The Morgan fingerprint density at radius 2 is 1.86 bits per heavy atom. The molecule has 2 aromatic heterocycles. The molecule has 0 spiro atoms. The van der Waals surface area contributed by atoms with Crippen molar-refractivity contribution in [2.24, 2.45) is 0 Å². The molecule has 0 amide bonds. The van der Waals surface area contributed by atoms with Crippen LogP contribution in [0.5, 0.6) is 0 Å². The molecule has 0 atom stereocenters. The first kappa shape index (κ1) is 19.3. The fraction of sp³-hybridized carbons (Fsp3) is 0.647. The quantitative estimate of drug-likeness (QED) is 0.719. The monoisotopic (exact) mass is 414 g/mol. The van der Waals surface area contributed by atoms with E-state index >= 15 is 0 Å². The van der Waals surface area contributed by atoms with E-state index in [1.165, 1.54) is 11.3 Å². The predicted octanol–water partition coefficient (Wildman–Crippen LogP) is 3.13. The molecule has 2 fully saturated rings. The number of hydrogen-bond acceptors (Lipinski definition) is 8. The van der Waals surface area contributed by atoms with Gasteiger partial charge in [-0.1, -0.05) is 11.3 Å². The molecule has 7 nitrogen and oxygen atoms in total. The Hall–Kier alpha value is -2.01. The lowest BCUT2D eigenvalue weighted by Gasteiger charge is -2.39. The van der Waals surface area contributed by atoms with Crippen LogP contribution in [0.15, 0.2) is 12.4 Å². The fourth-order valence-electron chi connectivity index (χ4n) is 3.56. The summed E-state index contributed by atoms with van der Waals surface area (Å²) in [4.78, 5) is 11.8. The number of nitrogens with zero attached hydrogens (tertiary/aromatic N) is 6. The van der Waals surface area contributed by atoms with E-state index in [2.05, 4.69) is 30.0 Å². The molecule has 3 heterocycles. The van der Waals surface area contributed by atoms with Crippen LogP contribution in [0.3, 0.4) is 0 Å². The average Bonchev–Trinajstić information content (AvgIpc) is 3.40. The van der Waals surface area contributed by atoms with E-state index in [-0.39, 0.29) is 12.1 Å². The maximum absolute atomic E-state index is 13.0. The molecule has 0 unspecified atom stereocenters. The van der Waals surface area contributed by atoms with Crippen LogP contribution in [0.25, 0.3) is 0 Å². The van der Waals surface area contributed by atoms with Gasteiger partial charge in [-0.15, -0.1) is 10.2 Å². The summed E-state index contributed by atoms with van der Waals surface area (Å²) in [6, 6.07) is 1.50. The summed E-state index contributed by atoms with van der Waals surface area (Å²) < 4.78 is 44.2.